The van der Waals surface area contributed by atoms with Gasteiger partial charge >= 0.3 is 5.97 Å². The molecule has 1 heterocycles. The topological polar surface area (TPSA) is 91.0 Å². The molecule has 0 fully saturated rings. The molecule has 1 aliphatic heterocycles. The Balaban J connectivity index is 1.21. The lowest BCUT2D eigenvalue weighted by atomic mass is 9.98. The molecule has 0 aromatic heterocycles. The standard InChI is InChI=1S/C25H25NO5/c26-20-6-2-17(3-7-20)18-4-8-21(9-5-18)29-12-1-13-30-22-10-11-23-19(14-25(27)28)16-31-24(23)15-22/h2-11,15,19H,1,12-14,16,26H2,(H,27,28). The second-order valence-electron chi connectivity index (χ2n) is 7.50. The van der Waals surface area contributed by atoms with Crippen molar-refractivity contribution in [2.45, 2.75) is 18.8 Å². The molecular formula is C25H25NO5. The number of rotatable bonds is 9. The van der Waals surface area contributed by atoms with E-state index in [1.54, 1.807) is 0 Å². The number of hydrogen-bond acceptors (Lipinski definition) is 5. The summed E-state index contributed by atoms with van der Waals surface area (Å²) in [4.78, 5) is 10.9. The summed E-state index contributed by atoms with van der Waals surface area (Å²) in [5, 5.41) is 8.98. The average Bonchev–Trinajstić information content (AvgIpc) is 3.16. The van der Waals surface area contributed by atoms with E-state index in [0.29, 0.717) is 31.3 Å². The van der Waals surface area contributed by atoms with Gasteiger partial charge in [0.15, 0.2) is 0 Å². The third-order valence-electron chi connectivity index (χ3n) is 5.21. The van der Waals surface area contributed by atoms with Crippen molar-refractivity contribution in [3.05, 3.63) is 72.3 Å². The minimum absolute atomic E-state index is 0.0749. The molecule has 31 heavy (non-hydrogen) atoms. The lowest BCUT2D eigenvalue weighted by Gasteiger charge is -2.10. The molecule has 6 heteroatoms. The molecule has 0 saturated carbocycles. The maximum absolute atomic E-state index is 10.9. The summed E-state index contributed by atoms with van der Waals surface area (Å²) in [5.41, 5.74) is 9.64. The Bertz CT molecular complexity index is 1030. The van der Waals surface area contributed by atoms with E-state index in [1.165, 1.54) is 0 Å². The Morgan fingerprint density at radius 1 is 0.935 bits per heavy atom. The zero-order chi connectivity index (χ0) is 21.6. The van der Waals surface area contributed by atoms with Gasteiger partial charge in [-0.1, -0.05) is 30.3 Å². The van der Waals surface area contributed by atoms with Crippen molar-refractivity contribution in [1.29, 1.82) is 0 Å². The highest BCUT2D eigenvalue weighted by Crippen LogP contribution is 2.38. The number of carboxylic acid groups (broad SMARTS) is 1. The SMILES string of the molecule is Nc1ccc(-c2ccc(OCCCOc3ccc4c(c3)OCC4CC(=O)O)cc2)cc1. The molecule has 1 unspecified atom stereocenters. The first-order valence-electron chi connectivity index (χ1n) is 10.3. The normalized spacial score (nSPS) is 14.5. The maximum atomic E-state index is 10.9. The molecule has 0 amide bonds. The molecule has 0 saturated heterocycles. The van der Waals surface area contributed by atoms with Crippen LogP contribution in [0.5, 0.6) is 17.2 Å². The van der Waals surface area contributed by atoms with Gasteiger partial charge in [0, 0.05) is 29.7 Å². The average molecular weight is 419 g/mol. The van der Waals surface area contributed by atoms with Gasteiger partial charge in [-0.3, -0.25) is 4.79 Å². The molecule has 0 spiro atoms. The van der Waals surface area contributed by atoms with Gasteiger partial charge in [0.25, 0.3) is 0 Å². The quantitative estimate of drug-likeness (QED) is 0.385. The summed E-state index contributed by atoms with van der Waals surface area (Å²) >= 11 is 0. The van der Waals surface area contributed by atoms with Gasteiger partial charge < -0.3 is 25.1 Å². The highest BCUT2D eigenvalue weighted by molar-refractivity contribution is 5.69. The second kappa shape index (κ2) is 9.43. The monoisotopic (exact) mass is 419 g/mol. The first-order valence-corrected chi connectivity index (χ1v) is 10.3. The first kappa shape index (κ1) is 20.6. The molecule has 0 radical (unpaired) electrons. The van der Waals surface area contributed by atoms with E-state index >= 15 is 0 Å². The van der Waals surface area contributed by atoms with Gasteiger partial charge in [0.05, 0.1) is 26.2 Å². The van der Waals surface area contributed by atoms with Crippen molar-refractivity contribution < 1.29 is 24.1 Å². The van der Waals surface area contributed by atoms with Crippen LogP contribution in [0.2, 0.25) is 0 Å². The van der Waals surface area contributed by atoms with Crippen LogP contribution in [0.25, 0.3) is 11.1 Å². The van der Waals surface area contributed by atoms with Crippen molar-refractivity contribution >= 4 is 11.7 Å². The van der Waals surface area contributed by atoms with Crippen molar-refractivity contribution in [2.24, 2.45) is 0 Å². The molecule has 3 aromatic carbocycles. The van der Waals surface area contributed by atoms with Gasteiger partial charge in [-0.15, -0.1) is 0 Å². The number of hydrogen-bond donors (Lipinski definition) is 2. The number of ether oxygens (including phenoxy) is 3. The highest BCUT2D eigenvalue weighted by Gasteiger charge is 2.26. The molecule has 160 valence electrons. The van der Waals surface area contributed by atoms with Crippen LogP contribution in [0.1, 0.15) is 24.3 Å². The van der Waals surface area contributed by atoms with Crippen LogP contribution >= 0.6 is 0 Å². The summed E-state index contributed by atoms with van der Waals surface area (Å²) in [6.45, 7) is 1.46. The summed E-state index contributed by atoms with van der Waals surface area (Å²) in [6.07, 6.45) is 0.810. The Hall–Kier alpha value is -3.67. The van der Waals surface area contributed by atoms with Gasteiger partial charge in [-0.2, -0.15) is 0 Å². The molecule has 3 N–H and O–H groups in total. The van der Waals surface area contributed by atoms with Crippen molar-refractivity contribution in [3.8, 4) is 28.4 Å². The van der Waals surface area contributed by atoms with E-state index < -0.39 is 5.97 Å². The van der Waals surface area contributed by atoms with Crippen molar-refractivity contribution in [2.75, 3.05) is 25.6 Å². The Kier molecular flexibility index (Phi) is 6.26. The molecule has 1 aliphatic rings. The van der Waals surface area contributed by atoms with Crippen molar-refractivity contribution in [3.63, 3.8) is 0 Å². The smallest absolute Gasteiger partial charge is 0.304 e. The fraction of sp³-hybridized carbons (Fsp3) is 0.240. The fourth-order valence-corrected chi connectivity index (χ4v) is 3.58. The summed E-state index contributed by atoms with van der Waals surface area (Å²) in [7, 11) is 0. The predicted molar refractivity (Wildman–Crippen MR) is 119 cm³/mol. The van der Waals surface area contributed by atoms with Crippen LogP contribution in [0, 0.1) is 0 Å². The van der Waals surface area contributed by atoms with Gasteiger partial charge in [-0.05, 0) is 41.5 Å². The number of carbonyl (C=O) groups is 1. The first-order chi connectivity index (χ1) is 15.1. The maximum Gasteiger partial charge on any atom is 0.304 e. The van der Waals surface area contributed by atoms with E-state index in [2.05, 4.69) is 0 Å². The minimum atomic E-state index is -0.818. The van der Waals surface area contributed by atoms with E-state index in [4.69, 9.17) is 25.1 Å². The third kappa shape index (κ3) is 5.28. The second-order valence-corrected chi connectivity index (χ2v) is 7.50. The molecule has 6 nitrogen and oxygen atoms in total. The van der Waals surface area contributed by atoms with Crippen LogP contribution in [0.3, 0.4) is 0 Å². The molecule has 4 rings (SSSR count). The Labute approximate surface area is 181 Å². The lowest BCUT2D eigenvalue weighted by molar-refractivity contribution is -0.137. The number of nitrogen functional groups attached to an aromatic ring is 1. The number of carboxylic acids is 1. The van der Waals surface area contributed by atoms with E-state index in [1.807, 2.05) is 66.7 Å². The van der Waals surface area contributed by atoms with E-state index in [-0.39, 0.29) is 12.3 Å². The van der Waals surface area contributed by atoms with Crippen molar-refractivity contribution in [1.82, 2.24) is 0 Å². The Morgan fingerprint density at radius 3 is 2.23 bits per heavy atom. The van der Waals surface area contributed by atoms with Gasteiger partial charge in [-0.25, -0.2) is 0 Å². The van der Waals surface area contributed by atoms with Crippen LogP contribution in [-0.2, 0) is 4.79 Å². The minimum Gasteiger partial charge on any atom is -0.493 e. The van der Waals surface area contributed by atoms with Gasteiger partial charge in [0.1, 0.15) is 17.2 Å². The highest BCUT2D eigenvalue weighted by atomic mass is 16.5. The zero-order valence-electron chi connectivity index (χ0n) is 17.1. The molecule has 0 bridgehead atoms. The fourth-order valence-electron chi connectivity index (χ4n) is 3.58. The van der Waals surface area contributed by atoms with Gasteiger partial charge in [0.2, 0.25) is 0 Å². The van der Waals surface area contributed by atoms with E-state index in [9.17, 15) is 4.79 Å². The largest absolute Gasteiger partial charge is 0.493 e. The Morgan fingerprint density at radius 2 is 1.55 bits per heavy atom. The van der Waals surface area contributed by atoms with Crippen LogP contribution in [0.4, 0.5) is 5.69 Å². The third-order valence-corrected chi connectivity index (χ3v) is 5.21. The molecule has 3 aromatic rings. The van der Waals surface area contributed by atoms with Crippen LogP contribution < -0.4 is 19.9 Å². The number of anilines is 1. The zero-order valence-corrected chi connectivity index (χ0v) is 17.1. The summed E-state index contributed by atoms with van der Waals surface area (Å²) in [6, 6.07) is 21.3. The number of benzene rings is 3. The summed E-state index contributed by atoms with van der Waals surface area (Å²) in [5.74, 6) is 1.32. The number of fused-ring (bicyclic) bond motifs is 1. The molecule has 1 atom stereocenters. The summed E-state index contributed by atoms with van der Waals surface area (Å²) < 4.78 is 17.2. The predicted octanol–water partition coefficient (Wildman–Crippen LogP) is 4.73. The lowest BCUT2D eigenvalue weighted by Crippen LogP contribution is -2.07. The van der Waals surface area contributed by atoms with Crippen LogP contribution in [-0.4, -0.2) is 30.9 Å². The van der Waals surface area contributed by atoms with E-state index in [0.717, 1.165) is 34.5 Å². The van der Waals surface area contributed by atoms with Crippen LogP contribution in [0.15, 0.2) is 66.7 Å². The number of aliphatic carboxylic acids is 1. The molecular weight excluding hydrogens is 394 g/mol. The number of nitrogens with two attached hydrogens (primary N) is 1. The molecule has 0 aliphatic carbocycles.